The summed E-state index contributed by atoms with van der Waals surface area (Å²) in [5.74, 6) is -0.884. The van der Waals surface area contributed by atoms with E-state index in [2.05, 4.69) is 5.32 Å². The molecule has 0 bridgehead atoms. The highest BCUT2D eigenvalue weighted by Crippen LogP contribution is 2.54. The second-order valence-corrected chi connectivity index (χ2v) is 10.5. The molecule has 0 radical (unpaired) electrons. The van der Waals surface area contributed by atoms with Crippen molar-refractivity contribution in [2.24, 2.45) is 0 Å². The highest BCUT2D eigenvalue weighted by atomic mass is 35.5. The molecule has 29 heavy (non-hydrogen) atoms. The molecule has 0 aromatic heterocycles. The van der Waals surface area contributed by atoms with Crippen molar-refractivity contribution >= 4 is 41.1 Å². The summed E-state index contributed by atoms with van der Waals surface area (Å²) in [6.07, 6.45) is 0. The molecule has 3 saturated heterocycles. The number of hydrogen-bond donors (Lipinski definition) is 1. The number of fused-ring (bicyclic) bond motifs is 1. The van der Waals surface area contributed by atoms with Crippen LogP contribution in [-0.4, -0.2) is 61.5 Å². The summed E-state index contributed by atoms with van der Waals surface area (Å²) in [6, 6.07) is 7.35. The fourth-order valence-electron chi connectivity index (χ4n) is 4.60. The van der Waals surface area contributed by atoms with Crippen LogP contribution in [0.2, 0.25) is 0 Å². The van der Waals surface area contributed by atoms with E-state index in [0.717, 1.165) is 5.56 Å². The van der Waals surface area contributed by atoms with Crippen molar-refractivity contribution in [2.45, 2.75) is 61.6 Å². The number of thioether (sulfide) groups is 1. The molecule has 3 aliphatic heterocycles. The first kappa shape index (κ1) is 20.5. The van der Waals surface area contributed by atoms with Gasteiger partial charge in [0.15, 0.2) is 6.07 Å². The largest absolute Gasteiger partial charge is 0.448 e. The normalized spacial score (nSPS) is 32.2. The Morgan fingerprint density at radius 2 is 1.83 bits per heavy atom. The van der Waals surface area contributed by atoms with Crippen LogP contribution in [0.1, 0.15) is 39.3 Å². The van der Waals surface area contributed by atoms with Crippen LogP contribution in [0.5, 0.6) is 0 Å². The molecule has 0 aliphatic carbocycles. The van der Waals surface area contributed by atoms with Crippen molar-refractivity contribution in [3.63, 3.8) is 0 Å². The Hall–Kier alpha value is -1.77. The van der Waals surface area contributed by atoms with Gasteiger partial charge in [0.25, 0.3) is 0 Å². The van der Waals surface area contributed by atoms with Crippen LogP contribution in [0.25, 0.3) is 0 Å². The van der Waals surface area contributed by atoms with Crippen LogP contribution in [0.3, 0.4) is 0 Å². The van der Waals surface area contributed by atoms with E-state index in [1.807, 2.05) is 58.0 Å². The van der Waals surface area contributed by atoms with Gasteiger partial charge in [0.2, 0.25) is 11.8 Å². The highest BCUT2D eigenvalue weighted by Gasteiger charge is 2.68. The van der Waals surface area contributed by atoms with Crippen molar-refractivity contribution in [3.05, 3.63) is 35.9 Å². The van der Waals surface area contributed by atoms with Gasteiger partial charge in [-0.05, 0) is 33.3 Å². The van der Waals surface area contributed by atoms with Crippen LogP contribution in [0.15, 0.2) is 30.3 Å². The quantitative estimate of drug-likeness (QED) is 0.441. The molecule has 3 aliphatic rings. The smallest absolute Gasteiger partial charge is 0.331 e. The van der Waals surface area contributed by atoms with Gasteiger partial charge in [-0.25, -0.2) is 4.79 Å². The number of β-lactam (4-membered cyclic amide) rings is 1. The van der Waals surface area contributed by atoms with Crippen LogP contribution >= 0.6 is 23.4 Å². The predicted molar refractivity (Wildman–Crippen MR) is 110 cm³/mol. The lowest BCUT2D eigenvalue weighted by molar-refractivity contribution is -0.172. The number of halogens is 1. The number of carbonyl (C=O) groups excluding carboxylic acids is 3. The fraction of sp³-hybridized carbons (Fsp3) is 0.550. The lowest BCUT2D eigenvalue weighted by Gasteiger charge is -2.50. The summed E-state index contributed by atoms with van der Waals surface area (Å²) >= 11 is 7.07. The lowest BCUT2D eigenvalue weighted by atomic mass is 9.94. The molecule has 2 amide bonds. The lowest BCUT2D eigenvalue weighted by Crippen LogP contribution is -2.73. The summed E-state index contributed by atoms with van der Waals surface area (Å²) in [6.45, 7) is 7.60. The Morgan fingerprint density at radius 3 is 2.45 bits per heavy atom. The van der Waals surface area contributed by atoms with E-state index in [1.54, 1.807) is 9.80 Å². The molecule has 0 spiro atoms. The van der Waals surface area contributed by atoms with Crippen molar-refractivity contribution in [1.29, 1.82) is 0 Å². The van der Waals surface area contributed by atoms with Crippen LogP contribution < -0.4 is 5.32 Å². The van der Waals surface area contributed by atoms with E-state index < -0.39 is 34.5 Å². The summed E-state index contributed by atoms with van der Waals surface area (Å²) < 4.78 is 4.44. The Labute approximate surface area is 179 Å². The zero-order valence-corrected chi connectivity index (χ0v) is 18.3. The minimum atomic E-state index is -0.723. The van der Waals surface area contributed by atoms with E-state index in [9.17, 15) is 14.4 Å². The first-order chi connectivity index (χ1) is 13.6. The average molecular weight is 438 g/mol. The van der Waals surface area contributed by atoms with Gasteiger partial charge in [0.05, 0.1) is 5.66 Å². The molecule has 7 nitrogen and oxygen atoms in total. The Bertz CT molecular complexity index is 863. The molecule has 1 aromatic carbocycles. The maximum Gasteiger partial charge on any atom is 0.331 e. The molecule has 1 aromatic rings. The van der Waals surface area contributed by atoms with E-state index >= 15 is 0 Å². The van der Waals surface area contributed by atoms with Crippen LogP contribution in [-0.2, 0) is 19.1 Å². The van der Waals surface area contributed by atoms with Gasteiger partial charge in [0.1, 0.15) is 23.5 Å². The zero-order valence-electron chi connectivity index (χ0n) is 16.7. The minimum absolute atomic E-state index is 0.135. The number of benzene rings is 1. The van der Waals surface area contributed by atoms with Crippen molar-refractivity contribution in [2.75, 3.05) is 6.07 Å². The monoisotopic (exact) mass is 437 g/mol. The third kappa shape index (κ3) is 3.04. The predicted octanol–water partition coefficient (Wildman–Crippen LogP) is 2.07. The zero-order chi connectivity index (χ0) is 21.1. The Balaban J connectivity index is 1.62. The third-order valence-corrected chi connectivity index (χ3v) is 7.49. The number of hydrogen-bond acceptors (Lipinski definition) is 6. The number of nitrogens with one attached hydrogen (secondary N) is 1. The number of alkyl halides is 1. The third-order valence-electron chi connectivity index (χ3n) is 5.83. The van der Waals surface area contributed by atoms with Crippen molar-refractivity contribution in [1.82, 2.24) is 15.1 Å². The highest BCUT2D eigenvalue weighted by molar-refractivity contribution is 8.01. The van der Waals surface area contributed by atoms with Gasteiger partial charge in [-0.1, -0.05) is 41.9 Å². The first-order valence-corrected chi connectivity index (χ1v) is 10.9. The molecule has 4 atom stereocenters. The molecule has 156 valence electrons. The molecular formula is C20H24ClN3O4S. The van der Waals surface area contributed by atoms with Gasteiger partial charge >= 0.3 is 5.97 Å². The van der Waals surface area contributed by atoms with Gasteiger partial charge in [-0.15, -0.1) is 11.8 Å². The number of carbonyl (C=O) groups is 3. The van der Waals surface area contributed by atoms with Gasteiger partial charge < -0.3 is 14.5 Å². The van der Waals surface area contributed by atoms with Crippen molar-refractivity contribution in [3.8, 4) is 0 Å². The first-order valence-electron chi connectivity index (χ1n) is 9.48. The minimum Gasteiger partial charge on any atom is -0.448 e. The Morgan fingerprint density at radius 1 is 1.17 bits per heavy atom. The van der Waals surface area contributed by atoms with E-state index in [4.69, 9.17) is 16.3 Å². The molecular weight excluding hydrogens is 414 g/mol. The Kier molecular flexibility index (Phi) is 4.87. The topological polar surface area (TPSA) is 79.0 Å². The second kappa shape index (κ2) is 6.89. The SMILES string of the molecule is CC1(C)S[C@@H]2C(N3C(=O)C(c4ccccc4)NC3(C)C)C(=O)N2[C@H]1C(=O)OCCl. The van der Waals surface area contributed by atoms with Gasteiger partial charge in [-0.3, -0.25) is 14.9 Å². The number of esters is 1. The molecule has 0 saturated carbocycles. The summed E-state index contributed by atoms with van der Waals surface area (Å²) in [5.41, 5.74) is 0.156. The second-order valence-electron chi connectivity index (χ2n) is 8.53. The molecule has 1 N–H and O–H groups in total. The number of rotatable bonds is 4. The number of ether oxygens (including phenoxy) is 1. The van der Waals surface area contributed by atoms with Crippen LogP contribution in [0, 0.1) is 0 Å². The summed E-state index contributed by atoms with van der Waals surface area (Å²) in [5, 5.41) is 3.06. The maximum atomic E-state index is 13.3. The average Bonchev–Trinajstić information content (AvgIpc) is 3.05. The summed E-state index contributed by atoms with van der Waals surface area (Å²) in [7, 11) is 0. The van der Waals surface area contributed by atoms with Crippen LogP contribution in [0.4, 0.5) is 0 Å². The fourth-order valence-corrected chi connectivity index (χ4v) is 6.37. The van der Waals surface area contributed by atoms with Gasteiger partial charge in [0, 0.05) is 4.75 Å². The van der Waals surface area contributed by atoms with E-state index in [1.165, 1.54) is 11.8 Å². The number of nitrogens with zero attached hydrogens (tertiary/aromatic N) is 2. The van der Waals surface area contributed by atoms with E-state index in [-0.39, 0.29) is 23.3 Å². The molecule has 9 heteroatoms. The van der Waals surface area contributed by atoms with Crippen molar-refractivity contribution < 1.29 is 19.1 Å². The van der Waals surface area contributed by atoms with E-state index in [0.29, 0.717) is 0 Å². The standard InChI is InChI=1S/C20H24ClN3O4S/c1-19(2)14(18(27)28-10-21)23-16(26)13(17(23)29-19)24-15(25)12(22-20(24,3)4)11-8-6-5-7-9-11/h5-9,12-14,17,22H,10H2,1-4H3/t12?,13?,14-,17+/m0/s1. The number of amides is 2. The van der Waals surface area contributed by atoms with Gasteiger partial charge in [-0.2, -0.15) is 0 Å². The molecule has 3 heterocycles. The summed E-state index contributed by atoms with van der Waals surface area (Å²) in [4.78, 5) is 42.1. The molecule has 2 unspecified atom stereocenters. The molecule has 3 fully saturated rings. The maximum absolute atomic E-state index is 13.3. The molecule has 4 rings (SSSR count).